The van der Waals surface area contributed by atoms with Gasteiger partial charge in [-0.05, 0) is 31.2 Å². The van der Waals surface area contributed by atoms with Crippen LogP contribution >= 0.6 is 15.9 Å². The lowest BCUT2D eigenvalue weighted by Gasteiger charge is -2.15. The van der Waals surface area contributed by atoms with Crippen LogP contribution in [-0.4, -0.2) is 41.7 Å². The molecule has 116 valence electrons. The molecule has 22 heavy (non-hydrogen) atoms. The summed E-state index contributed by atoms with van der Waals surface area (Å²) in [6.07, 6.45) is 0. The molecule has 0 spiro atoms. The number of carbonyl (C=O) groups is 2. The van der Waals surface area contributed by atoms with Gasteiger partial charge in [-0.25, -0.2) is 4.79 Å². The van der Waals surface area contributed by atoms with Crippen molar-refractivity contribution in [3.8, 4) is 0 Å². The third-order valence-electron chi connectivity index (χ3n) is 3.08. The summed E-state index contributed by atoms with van der Waals surface area (Å²) in [7, 11) is 1.38. The zero-order chi connectivity index (χ0) is 16.3. The van der Waals surface area contributed by atoms with Crippen LogP contribution in [0.15, 0.2) is 28.7 Å². The highest BCUT2D eigenvalue weighted by Crippen LogP contribution is 2.23. The van der Waals surface area contributed by atoms with Crippen LogP contribution in [-0.2, 0) is 9.53 Å². The summed E-state index contributed by atoms with van der Waals surface area (Å²) in [5, 5.41) is 12.2. The minimum absolute atomic E-state index is 0.104. The number of carboxylic acids is 1. The highest BCUT2D eigenvalue weighted by atomic mass is 79.9. The Labute approximate surface area is 135 Å². The minimum Gasteiger partial charge on any atom is -0.480 e. The first-order chi connectivity index (χ1) is 10.4. The van der Waals surface area contributed by atoms with E-state index in [1.54, 1.807) is 25.1 Å². The lowest BCUT2D eigenvalue weighted by Crippen LogP contribution is -2.43. The summed E-state index contributed by atoms with van der Waals surface area (Å²) in [4.78, 5) is 27.9. The van der Waals surface area contributed by atoms with Gasteiger partial charge in [0.2, 0.25) is 0 Å². The van der Waals surface area contributed by atoms with Crippen molar-refractivity contribution >= 4 is 38.7 Å². The first-order valence-electron chi connectivity index (χ1n) is 6.52. The predicted molar refractivity (Wildman–Crippen MR) is 84.9 cm³/mol. The predicted octanol–water partition coefficient (Wildman–Crippen LogP) is 2.14. The second-order valence-corrected chi connectivity index (χ2v) is 5.71. The molecule has 0 aliphatic carbocycles. The molecule has 2 rings (SSSR count). The first kappa shape index (κ1) is 16.4. The Bertz CT molecular complexity index is 733. The molecular weight excluding hydrogens is 352 g/mol. The van der Waals surface area contributed by atoms with E-state index in [2.05, 4.69) is 26.2 Å². The molecule has 0 radical (unpaired) electrons. The molecule has 7 heteroatoms. The number of aryl methyl sites for hydroxylation is 1. The van der Waals surface area contributed by atoms with Gasteiger partial charge >= 0.3 is 5.97 Å². The summed E-state index contributed by atoms with van der Waals surface area (Å²) in [6, 6.07) is 5.95. The number of amides is 1. The quantitative estimate of drug-likeness (QED) is 0.845. The third-order valence-corrected chi connectivity index (χ3v) is 3.57. The molecule has 0 fully saturated rings. The van der Waals surface area contributed by atoms with Gasteiger partial charge in [-0.2, -0.15) is 0 Å². The van der Waals surface area contributed by atoms with E-state index < -0.39 is 17.9 Å². The number of carboxylic acid groups (broad SMARTS) is 1. The van der Waals surface area contributed by atoms with Crippen molar-refractivity contribution in [1.82, 2.24) is 10.3 Å². The van der Waals surface area contributed by atoms with Crippen LogP contribution in [0.4, 0.5) is 0 Å². The van der Waals surface area contributed by atoms with Gasteiger partial charge in [0, 0.05) is 22.7 Å². The molecule has 1 aromatic carbocycles. The lowest BCUT2D eigenvalue weighted by atomic mass is 10.1. The molecule has 0 aliphatic rings. The average molecular weight is 367 g/mol. The Morgan fingerprint density at radius 3 is 2.77 bits per heavy atom. The Balaban J connectivity index is 2.42. The number of nitrogens with one attached hydrogen (secondary N) is 1. The van der Waals surface area contributed by atoms with Crippen LogP contribution in [0, 0.1) is 6.92 Å². The number of hydrogen-bond donors (Lipinski definition) is 2. The van der Waals surface area contributed by atoms with Gasteiger partial charge in [0.25, 0.3) is 5.91 Å². The van der Waals surface area contributed by atoms with Crippen molar-refractivity contribution in [3.05, 3.63) is 40.0 Å². The molecule has 1 heterocycles. The van der Waals surface area contributed by atoms with Gasteiger partial charge in [-0.1, -0.05) is 15.9 Å². The number of aromatic nitrogens is 1. The normalized spacial score (nSPS) is 12.1. The van der Waals surface area contributed by atoms with Gasteiger partial charge in [-0.3, -0.25) is 9.78 Å². The van der Waals surface area contributed by atoms with Crippen molar-refractivity contribution in [3.63, 3.8) is 0 Å². The maximum absolute atomic E-state index is 12.4. The van der Waals surface area contributed by atoms with Gasteiger partial charge < -0.3 is 15.2 Å². The summed E-state index contributed by atoms with van der Waals surface area (Å²) in [5.74, 6) is -1.62. The summed E-state index contributed by atoms with van der Waals surface area (Å²) < 4.78 is 5.63. The van der Waals surface area contributed by atoms with Crippen LogP contribution in [0.3, 0.4) is 0 Å². The lowest BCUT2D eigenvalue weighted by molar-refractivity contribution is -0.140. The van der Waals surface area contributed by atoms with Crippen LogP contribution in [0.1, 0.15) is 16.1 Å². The molecular formula is C15H15BrN2O4. The summed E-state index contributed by atoms with van der Waals surface area (Å²) in [6.45, 7) is 1.68. The van der Waals surface area contributed by atoms with E-state index in [1.807, 2.05) is 6.07 Å². The number of methoxy groups -OCH3 is 1. The molecule has 2 aromatic rings. The average Bonchev–Trinajstić information content (AvgIpc) is 2.46. The van der Waals surface area contributed by atoms with Crippen molar-refractivity contribution in [2.75, 3.05) is 13.7 Å². The number of ether oxygens (including phenoxy) is 1. The standard InChI is InChI=1S/C15H15BrN2O4/c1-8-5-11(10-6-9(16)3-4-12(10)17-8)14(19)18-13(7-22-2)15(20)21/h3-6,13H,7H2,1-2H3,(H,18,19)(H,20,21). The third kappa shape index (κ3) is 3.61. The van der Waals surface area contributed by atoms with Gasteiger partial charge in [0.1, 0.15) is 0 Å². The van der Waals surface area contributed by atoms with E-state index in [0.29, 0.717) is 22.2 Å². The fourth-order valence-electron chi connectivity index (χ4n) is 2.10. The Kier molecular flexibility index (Phi) is 5.10. The van der Waals surface area contributed by atoms with Crippen LogP contribution < -0.4 is 5.32 Å². The van der Waals surface area contributed by atoms with Crippen molar-refractivity contribution in [2.45, 2.75) is 13.0 Å². The smallest absolute Gasteiger partial charge is 0.328 e. The number of halogens is 1. The van der Waals surface area contributed by atoms with Crippen LogP contribution in [0.5, 0.6) is 0 Å². The Hall–Kier alpha value is -1.99. The molecule has 0 saturated heterocycles. The number of benzene rings is 1. The summed E-state index contributed by atoms with van der Waals surface area (Å²) >= 11 is 3.36. The zero-order valence-electron chi connectivity index (χ0n) is 12.1. The van der Waals surface area contributed by atoms with Crippen LogP contribution in [0.2, 0.25) is 0 Å². The van der Waals surface area contributed by atoms with E-state index >= 15 is 0 Å². The van der Waals surface area contributed by atoms with Crippen LogP contribution in [0.25, 0.3) is 10.9 Å². The van der Waals surface area contributed by atoms with Crippen molar-refractivity contribution in [2.24, 2.45) is 0 Å². The maximum Gasteiger partial charge on any atom is 0.328 e. The van der Waals surface area contributed by atoms with Crippen molar-refractivity contribution in [1.29, 1.82) is 0 Å². The van der Waals surface area contributed by atoms with E-state index in [-0.39, 0.29) is 6.61 Å². The molecule has 1 aromatic heterocycles. The highest BCUT2D eigenvalue weighted by molar-refractivity contribution is 9.10. The second kappa shape index (κ2) is 6.85. The first-order valence-corrected chi connectivity index (χ1v) is 7.31. The van der Waals surface area contributed by atoms with E-state index in [0.717, 1.165) is 4.47 Å². The number of aliphatic carboxylic acids is 1. The topological polar surface area (TPSA) is 88.5 Å². The Morgan fingerprint density at radius 1 is 1.41 bits per heavy atom. The second-order valence-electron chi connectivity index (χ2n) is 4.79. The fraction of sp³-hybridized carbons (Fsp3) is 0.267. The van der Waals surface area contributed by atoms with E-state index in [1.165, 1.54) is 7.11 Å². The molecule has 0 saturated carbocycles. The number of carbonyl (C=O) groups excluding carboxylic acids is 1. The Morgan fingerprint density at radius 2 is 2.14 bits per heavy atom. The molecule has 0 bridgehead atoms. The van der Waals surface area contributed by atoms with Gasteiger partial charge in [-0.15, -0.1) is 0 Å². The molecule has 1 atom stereocenters. The van der Waals surface area contributed by atoms with E-state index in [9.17, 15) is 9.59 Å². The number of fused-ring (bicyclic) bond motifs is 1. The molecule has 1 unspecified atom stereocenters. The number of rotatable bonds is 5. The number of hydrogen-bond acceptors (Lipinski definition) is 4. The largest absolute Gasteiger partial charge is 0.480 e. The molecule has 1 amide bonds. The van der Waals surface area contributed by atoms with Gasteiger partial charge in [0.05, 0.1) is 17.7 Å². The number of pyridine rings is 1. The molecule has 2 N–H and O–H groups in total. The summed E-state index contributed by atoms with van der Waals surface area (Å²) in [5.41, 5.74) is 1.73. The fourth-order valence-corrected chi connectivity index (χ4v) is 2.46. The molecule has 0 aliphatic heterocycles. The number of nitrogens with zero attached hydrogens (tertiary/aromatic N) is 1. The maximum atomic E-state index is 12.4. The van der Waals surface area contributed by atoms with Gasteiger partial charge in [0.15, 0.2) is 6.04 Å². The zero-order valence-corrected chi connectivity index (χ0v) is 13.7. The van der Waals surface area contributed by atoms with Crippen molar-refractivity contribution < 1.29 is 19.4 Å². The monoisotopic (exact) mass is 366 g/mol. The van der Waals surface area contributed by atoms with E-state index in [4.69, 9.17) is 9.84 Å². The highest BCUT2D eigenvalue weighted by Gasteiger charge is 2.22. The SMILES string of the molecule is COCC(NC(=O)c1cc(C)nc2ccc(Br)cc12)C(=O)O. The molecule has 6 nitrogen and oxygen atoms in total. The minimum atomic E-state index is -1.15.